The van der Waals surface area contributed by atoms with Crippen molar-refractivity contribution in [2.45, 2.75) is 20.3 Å². The highest BCUT2D eigenvalue weighted by Gasteiger charge is 2.04. The first-order chi connectivity index (χ1) is 10.6. The number of hydrazone groups is 1. The van der Waals surface area contributed by atoms with Crippen molar-refractivity contribution in [3.63, 3.8) is 0 Å². The average Bonchev–Trinajstić information content (AvgIpc) is 3.01. The molecule has 22 heavy (non-hydrogen) atoms. The van der Waals surface area contributed by atoms with Gasteiger partial charge < -0.3 is 9.15 Å². The molecular formula is C17H20N2O3. The number of hydrogen-bond donors (Lipinski definition) is 1. The minimum atomic E-state index is -0.281. The molecule has 0 aliphatic rings. The Balaban J connectivity index is 1.83. The zero-order chi connectivity index (χ0) is 15.8. The number of nitrogens with one attached hydrogen (secondary N) is 1. The van der Waals surface area contributed by atoms with Gasteiger partial charge in [-0.15, -0.1) is 0 Å². The Morgan fingerprint density at radius 1 is 1.32 bits per heavy atom. The van der Waals surface area contributed by atoms with Gasteiger partial charge in [0.1, 0.15) is 11.5 Å². The fourth-order valence-electron chi connectivity index (χ4n) is 1.70. The molecule has 0 unspecified atom stereocenters. The molecule has 2 rings (SSSR count). The summed E-state index contributed by atoms with van der Waals surface area (Å²) in [4.78, 5) is 11.9. The van der Waals surface area contributed by atoms with Crippen LogP contribution < -0.4 is 10.2 Å². The van der Waals surface area contributed by atoms with E-state index in [-0.39, 0.29) is 5.91 Å². The highest BCUT2D eigenvalue weighted by molar-refractivity contribution is 5.94. The number of rotatable bonds is 7. The van der Waals surface area contributed by atoms with E-state index in [0.29, 0.717) is 23.8 Å². The lowest BCUT2D eigenvalue weighted by Crippen LogP contribution is -2.17. The number of hydrogen-bond acceptors (Lipinski definition) is 4. The third-order valence-electron chi connectivity index (χ3n) is 2.98. The SMILES string of the molecule is CC(C)CCOc1ccc(C(=O)N/N=C/c2ccco2)cc1. The predicted molar refractivity (Wildman–Crippen MR) is 85.2 cm³/mol. The third kappa shape index (κ3) is 5.09. The van der Waals surface area contributed by atoms with Crippen molar-refractivity contribution in [1.82, 2.24) is 5.43 Å². The molecule has 116 valence electrons. The molecule has 1 heterocycles. The molecule has 1 amide bonds. The Morgan fingerprint density at radius 2 is 2.09 bits per heavy atom. The maximum Gasteiger partial charge on any atom is 0.271 e. The minimum Gasteiger partial charge on any atom is -0.494 e. The first-order valence-corrected chi connectivity index (χ1v) is 7.25. The summed E-state index contributed by atoms with van der Waals surface area (Å²) in [7, 11) is 0. The summed E-state index contributed by atoms with van der Waals surface area (Å²) in [5.74, 6) is 1.67. The van der Waals surface area contributed by atoms with Crippen molar-refractivity contribution >= 4 is 12.1 Å². The second-order valence-electron chi connectivity index (χ2n) is 5.27. The number of furan rings is 1. The average molecular weight is 300 g/mol. The lowest BCUT2D eigenvalue weighted by molar-refractivity contribution is 0.0955. The number of carbonyl (C=O) groups excluding carboxylic acids is 1. The van der Waals surface area contributed by atoms with Gasteiger partial charge in [-0.25, -0.2) is 5.43 Å². The van der Waals surface area contributed by atoms with Crippen molar-refractivity contribution in [3.8, 4) is 5.75 Å². The van der Waals surface area contributed by atoms with Gasteiger partial charge in [0.25, 0.3) is 5.91 Å². The van der Waals surface area contributed by atoms with E-state index >= 15 is 0 Å². The van der Waals surface area contributed by atoms with Crippen LogP contribution in [0.5, 0.6) is 5.75 Å². The van der Waals surface area contributed by atoms with Crippen LogP contribution in [0.4, 0.5) is 0 Å². The first-order valence-electron chi connectivity index (χ1n) is 7.25. The smallest absolute Gasteiger partial charge is 0.271 e. The fourth-order valence-corrected chi connectivity index (χ4v) is 1.70. The van der Waals surface area contributed by atoms with Crippen LogP contribution in [-0.2, 0) is 0 Å². The lowest BCUT2D eigenvalue weighted by atomic mass is 10.1. The third-order valence-corrected chi connectivity index (χ3v) is 2.98. The van der Waals surface area contributed by atoms with Crippen LogP contribution in [0.25, 0.3) is 0 Å². The summed E-state index contributed by atoms with van der Waals surface area (Å²) in [5, 5.41) is 3.83. The quantitative estimate of drug-likeness (QED) is 0.629. The van der Waals surface area contributed by atoms with E-state index in [0.717, 1.165) is 12.2 Å². The number of benzene rings is 1. The molecule has 1 aromatic heterocycles. The molecule has 1 aromatic carbocycles. The van der Waals surface area contributed by atoms with Crippen molar-refractivity contribution < 1.29 is 13.9 Å². The topological polar surface area (TPSA) is 63.8 Å². The molecule has 0 aliphatic carbocycles. The van der Waals surface area contributed by atoms with E-state index in [4.69, 9.17) is 9.15 Å². The van der Waals surface area contributed by atoms with Crippen LogP contribution in [0.1, 0.15) is 36.4 Å². The molecule has 0 bridgehead atoms. The molecule has 0 spiro atoms. The van der Waals surface area contributed by atoms with Crippen LogP contribution in [0.3, 0.4) is 0 Å². The molecule has 0 fully saturated rings. The van der Waals surface area contributed by atoms with E-state index in [1.807, 2.05) is 0 Å². The Labute approximate surface area is 130 Å². The molecule has 5 nitrogen and oxygen atoms in total. The van der Waals surface area contributed by atoms with E-state index in [2.05, 4.69) is 24.4 Å². The zero-order valence-electron chi connectivity index (χ0n) is 12.8. The molecular weight excluding hydrogens is 280 g/mol. The molecule has 2 aromatic rings. The minimum absolute atomic E-state index is 0.281. The van der Waals surface area contributed by atoms with Crippen LogP contribution in [0.15, 0.2) is 52.2 Å². The Hall–Kier alpha value is -2.56. The molecule has 1 N–H and O–H groups in total. The van der Waals surface area contributed by atoms with E-state index in [1.165, 1.54) is 6.21 Å². The van der Waals surface area contributed by atoms with Gasteiger partial charge in [-0.3, -0.25) is 4.79 Å². The van der Waals surface area contributed by atoms with Crippen LogP contribution >= 0.6 is 0 Å². The maximum absolute atomic E-state index is 11.9. The van der Waals surface area contributed by atoms with Crippen molar-refractivity contribution in [1.29, 1.82) is 0 Å². The Kier molecular flexibility index (Phi) is 5.77. The molecule has 0 aliphatic heterocycles. The monoisotopic (exact) mass is 300 g/mol. The van der Waals surface area contributed by atoms with Crippen molar-refractivity contribution in [2.24, 2.45) is 11.0 Å². The maximum atomic E-state index is 11.9. The van der Waals surface area contributed by atoms with Gasteiger partial charge in [-0.1, -0.05) is 13.8 Å². The number of amides is 1. The van der Waals surface area contributed by atoms with E-state index < -0.39 is 0 Å². The van der Waals surface area contributed by atoms with E-state index in [1.54, 1.807) is 42.7 Å². The summed E-state index contributed by atoms with van der Waals surface area (Å²) in [6.07, 6.45) is 3.99. The molecule has 0 saturated heterocycles. The summed E-state index contributed by atoms with van der Waals surface area (Å²) >= 11 is 0. The van der Waals surface area contributed by atoms with Crippen LogP contribution in [0.2, 0.25) is 0 Å². The number of nitrogens with zero attached hydrogens (tertiary/aromatic N) is 1. The standard InChI is InChI=1S/C17H20N2O3/c1-13(2)9-11-22-15-7-5-14(6-8-15)17(20)19-18-12-16-4-3-10-21-16/h3-8,10,12-13H,9,11H2,1-2H3,(H,19,20)/b18-12+. The summed E-state index contributed by atoms with van der Waals surface area (Å²) in [5.41, 5.74) is 2.97. The highest BCUT2D eigenvalue weighted by atomic mass is 16.5. The molecule has 5 heteroatoms. The summed E-state index contributed by atoms with van der Waals surface area (Å²) in [6, 6.07) is 10.5. The zero-order valence-corrected chi connectivity index (χ0v) is 12.8. The number of carbonyl (C=O) groups is 1. The second kappa shape index (κ2) is 8.02. The van der Waals surface area contributed by atoms with Gasteiger partial charge in [0.15, 0.2) is 0 Å². The Bertz CT molecular complexity index is 601. The van der Waals surface area contributed by atoms with Gasteiger partial charge in [-0.2, -0.15) is 5.10 Å². The largest absolute Gasteiger partial charge is 0.494 e. The van der Waals surface area contributed by atoms with Crippen molar-refractivity contribution in [3.05, 3.63) is 54.0 Å². The summed E-state index contributed by atoms with van der Waals surface area (Å²) < 4.78 is 10.7. The van der Waals surface area contributed by atoms with Gasteiger partial charge in [0, 0.05) is 5.56 Å². The highest BCUT2D eigenvalue weighted by Crippen LogP contribution is 2.13. The summed E-state index contributed by atoms with van der Waals surface area (Å²) in [6.45, 7) is 4.98. The predicted octanol–water partition coefficient (Wildman–Crippen LogP) is 3.47. The normalized spacial score (nSPS) is 11.0. The van der Waals surface area contributed by atoms with E-state index in [9.17, 15) is 4.79 Å². The molecule has 0 atom stereocenters. The van der Waals surface area contributed by atoms with Crippen molar-refractivity contribution in [2.75, 3.05) is 6.61 Å². The van der Waals surface area contributed by atoms with Gasteiger partial charge in [0.05, 0.1) is 19.1 Å². The number of ether oxygens (including phenoxy) is 1. The van der Waals surface area contributed by atoms with Gasteiger partial charge in [0.2, 0.25) is 0 Å². The van der Waals surface area contributed by atoms with Crippen LogP contribution in [-0.4, -0.2) is 18.7 Å². The lowest BCUT2D eigenvalue weighted by Gasteiger charge is -2.08. The molecule has 0 saturated carbocycles. The second-order valence-corrected chi connectivity index (χ2v) is 5.27. The first kappa shape index (κ1) is 15.8. The van der Waals surface area contributed by atoms with Gasteiger partial charge in [-0.05, 0) is 48.7 Å². The van der Waals surface area contributed by atoms with Gasteiger partial charge >= 0.3 is 0 Å². The fraction of sp³-hybridized carbons (Fsp3) is 0.294. The van der Waals surface area contributed by atoms with Crippen LogP contribution in [0, 0.1) is 5.92 Å². The Morgan fingerprint density at radius 3 is 2.73 bits per heavy atom. The molecule has 0 radical (unpaired) electrons.